The normalized spacial score (nSPS) is 20.0. The molecule has 0 aromatic carbocycles. The molecule has 0 aliphatic carbocycles. The Bertz CT molecular complexity index is 588. The number of halogens is 1. The van der Waals surface area contributed by atoms with Crippen molar-refractivity contribution < 1.29 is 17.1 Å². The second-order valence-electron chi connectivity index (χ2n) is 4.87. The molecule has 0 spiro atoms. The molecule has 2 heterocycles. The van der Waals surface area contributed by atoms with Crippen LogP contribution in [0.2, 0.25) is 0 Å². The van der Waals surface area contributed by atoms with Gasteiger partial charge in [0.15, 0.2) is 0 Å². The van der Waals surface area contributed by atoms with Crippen molar-refractivity contribution in [3.8, 4) is 0 Å². The predicted octanol–water partition coefficient (Wildman–Crippen LogP) is 1.04. The number of hydrogen-bond acceptors (Lipinski definition) is 4. The van der Waals surface area contributed by atoms with Gasteiger partial charge < -0.3 is 4.90 Å². The number of rotatable bonds is 4. The highest BCUT2D eigenvalue weighted by Gasteiger charge is 2.32. The Morgan fingerprint density at radius 2 is 2.26 bits per heavy atom. The Morgan fingerprint density at radius 3 is 2.89 bits per heavy atom. The van der Waals surface area contributed by atoms with Crippen LogP contribution in [0, 0.1) is 12.8 Å². The summed E-state index contributed by atoms with van der Waals surface area (Å²) in [7, 11) is -4.53. The summed E-state index contributed by atoms with van der Waals surface area (Å²) in [4.78, 5) is 17.4. The molecule has 104 valence electrons. The lowest BCUT2D eigenvalue weighted by atomic mass is 10.1. The number of aromatic nitrogens is 1. The Balaban J connectivity index is 2.01. The van der Waals surface area contributed by atoms with Crippen LogP contribution in [-0.2, 0) is 21.6 Å². The minimum absolute atomic E-state index is 0.0783. The molecule has 1 aromatic rings. The molecule has 1 atom stereocenters. The standard InChI is InChI=1S/C12H15FN2O3S/c1-9-2-3-14-11(4-9)7-15-6-10(5-12(15)16)8-19(13,17)18/h2-4,10H,5-8H2,1H3. The Morgan fingerprint density at radius 1 is 1.53 bits per heavy atom. The molecular formula is C12H15FN2O3S. The van der Waals surface area contributed by atoms with E-state index in [2.05, 4.69) is 4.98 Å². The van der Waals surface area contributed by atoms with Crippen LogP contribution in [-0.4, -0.2) is 36.5 Å². The van der Waals surface area contributed by atoms with Crippen LogP contribution in [0.5, 0.6) is 0 Å². The van der Waals surface area contributed by atoms with E-state index >= 15 is 0 Å². The molecule has 0 bridgehead atoms. The van der Waals surface area contributed by atoms with Crippen molar-refractivity contribution in [3.05, 3.63) is 29.6 Å². The molecule has 0 radical (unpaired) electrons. The molecule has 1 aliphatic rings. The molecule has 1 saturated heterocycles. The first-order valence-corrected chi connectivity index (χ1v) is 7.50. The summed E-state index contributed by atoms with van der Waals surface area (Å²) in [5.74, 6) is -1.21. The first-order chi connectivity index (χ1) is 8.83. The maximum absolute atomic E-state index is 12.6. The first kappa shape index (κ1) is 13.9. The number of hydrogen-bond donors (Lipinski definition) is 0. The average molecular weight is 286 g/mol. The van der Waals surface area contributed by atoms with Gasteiger partial charge in [-0.1, -0.05) is 0 Å². The molecule has 1 fully saturated rings. The summed E-state index contributed by atoms with van der Waals surface area (Å²) in [6, 6.07) is 3.72. The van der Waals surface area contributed by atoms with Crippen molar-refractivity contribution in [2.45, 2.75) is 19.9 Å². The SMILES string of the molecule is Cc1ccnc(CN2CC(CS(=O)(=O)F)CC2=O)c1. The van der Waals surface area contributed by atoms with Crippen LogP contribution in [0.4, 0.5) is 3.89 Å². The van der Waals surface area contributed by atoms with Crippen LogP contribution in [0.25, 0.3) is 0 Å². The highest BCUT2D eigenvalue weighted by atomic mass is 32.3. The second-order valence-corrected chi connectivity index (χ2v) is 6.29. The van der Waals surface area contributed by atoms with E-state index < -0.39 is 21.9 Å². The lowest BCUT2D eigenvalue weighted by Crippen LogP contribution is -2.25. The van der Waals surface area contributed by atoms with Gasteiger partial charge in [-0.3, -0.25) is 9.78 Å². The van der Waals surface area contributed by atoms with Gasteiger partial charge >= 0.3 is 10.2 Å². The molecule has 0 saturated carbocycles. The smallest absolute Gasteiger partial charge is 0.302 e. The van der Waals surface area contributed by atoms with Gasteiger partial charge in [-0.05, 0) is 24.6 Å². The molecule has 5 nitrogen and oxygen atoms in total. The fourth-order valence-corrected chi connectivity index (χ4v) is 3.07. The van der Waals surface area contributed by atoms with Gasteiger partial charge in [0.05, 0.1) is 18.0 Å². The Kier molecular flexibility index (Phi) is 3.84. The van der Waals surface area contributed by atoms with E-state index in [1.807, 2.05) is 19.1 Å². The van der Waals surface area contributed by atoms with E-state index in [9.17, 15) is 17.1 Å². The molecule has 1 aliphatic heterocycles. The lowest BCUT2D eigenvalue weighted by Gasteiger charge is -2.15. The van der Waals surface area contributed by atoms with Crippen LogP contribution in [0.3, 0.4) is 0 Å². The van der Waals surface area contributed by atoms with E-state index in [0.29, 0.717) is 6.54 Å². The Hall–Kier alpha value is -1.50. The van der Waals surface area contributed by atoms with Crippen LogP contribution < -0.4 is 0 Å². The first-order valence-electron chi connectivity index (χ1n) is 5.95. The van der Waals surface area contributed by atoms with Crippen molar-refractivity contribution in [1.82, 2.24) is 9.88 Å². The number of carbonyl (C=O) groups is 1. The van der Waals surface area contributed by atoms with Crippen molar-refractivity contribution in [1.29, 1.82) is 0 Å². The fourth-order valence-electron chi connectivity index (χ4n) is 2.28. The fraction of sp³-hybridized carbons (Fsp3) is 0.500. The highest BCUT2D eigenvalue weighted by molar-refractivity contribution is 7.86. The molecule has 2 rings (SSSR count). The number of likely N-dealkylation sites (tertiary alicyclic amines) is 1. The molecule has 0 N–H and O–H groups in total. The topological polar surface area (TPSA) is 67.3 Å². The van der Waals surface area contributed by atoms with E-state index in [-0.39, 0.29) is 18.9 Å². The second kappa shape index (κ2) is 5.24. The monoisotopic (exact) mass is 286 g/mol. The molecule has 7 heteroatoms. The highest BCUT2D eigenvalue weighted by Crippen LogP contribution is 2.21. The van der Waals surface area contributed by atoms with Gasteiger partial charge in [0, 0.05) is 25.1 Å². The van der Waals surface area contributed by atoms with Crippen molar-refractivity contribution >= 4 is 16.1 Å². The third kappa shape index (κ3) is 3.99. The molecule has 19 heavy (non-hydrogen) atoms. The summed E-state index contributed by atoms with van der Waals surface area (Å²) < 4.78 is 33.8. The zero-order valence-electron chi connectivity index (χ0n) is 10.5. The maximum atomic E-state index is 12.6. The largest absolute Gasteiger partial charge is 0.336 e. The van der Waals surface area contributed by atoms with E-state index in [4.69, 9.17) is 0 Å². The predicted molar refractivity (Wildman–Crippen MR) is 67.4 cm³/mol. The van der Waals surface area contributed by atoms with E-state index in [0.717, 1.165) is 11.3 Å². The van der Waals surface area contributed by atoms with Gasteiger partial charge in [-0.2, -0.15) is 8.42 Å². The van der Waals surface area contributed by atoms with Crippen molar-refractivity contribution in [2.75, 3.05) is 12.3 Å². The van der Waals surface area contributed by atoms with Crippen molar-refractivity contribution in [2.24, 2.45) is 5.92 Å². The lowest BCUT2D eigenvalue weighted by molar-refractivity contribution is -0.128. The van der Waals surface area contributed by atoms with Gasteiger partial charge in [0.1, 0.15) is 0 Å². The molecule has 1 unspecified atom stereocenters. The van der Waals surface area contributed by atoms with Gasteiger partial charge in [-0.15, -0.1) is 3.89 Å². The quantitative estimate of drug-likeness (QED) is 0.776. The number of amides is 1. The van der Waals surface area contributed by atoms with Crippen LogP contribution in [0.1, 0.15) is 17.7 Å². The molecular weight excluding hydrogens is 271 g/mol. The number of carbonyl (C=O) groups excluding carboxylic acids is 1. The number of nitrogens with zero attached hydrogens (tertiary/aromatic N) is 2. The van der Waals surface area contributed by atoms with E-state index in [1.54, 1.807) is 6.20 Å². The number of aryl methyl sites for hydroxylation is 1. The maximum Gasteiger partial charge on any atom is 0.302 e. The van der Waals surface area contributed by atoms with Crippen LogP contribution >= 0.6 is 0 Å². The summed E-state index contributed by atoms with van der Waals surface area (Å²) in [5, 5.41) is 0. The zero-order chi connectivity index (χ0) is 14.0. The Labute approximate surface area is 111 Å². The summed E-state index contributed by atoms with van der Waals surface area (Å²) in [6.45, 7) is 2.52. The van der Waals surface area contributed by atoms with E-state index in [1.165, 1.54) is 4.90 Å². The summed E-state index contributed by atoms with van der Waals surface area (Å²) >= 11 is 0. The van der Waals surface area contributed by atoms with Crippen LogP contribution in [0.15, 0.2) is 18.3 Å². The molecule has 1 aromatic heterocycles. The third-order valence-electron chi connectivity index (χ3n) is 3.05. The third-order valence-corrected chi connectivity index (χ3v) is 3.92. The minimum Gasteiger partial charge on any atom is -0.336 e. The minimum atomic E-state index is -4.53. The van der Waals surface area contributed by atoms with Gasteiger partial charge in [-0.25, -0.2) is 0 Å². The average Bonchev–Trinajstić information content (AvgIpc) is 2.56. The molecule has 1 amide bonds. The number of pyridine rings is 1. The zero-order valence-corrected chi connectivity index (χ0v) is 11.4. The summed E-state index contributed by atoms with van der Waals surface area (Å²) in [5.41, 5.74) is 1.79. The van der Waals surface area contributed by atoms with Crippen molar-refractivity contribution in [3.63, 3.8) is 0 Å². The van der Waals surface area contributed by atoms with Gasteiger partial charge in [0.25, 0.3) is 0 Å². The summed E-state index contributed by atoms with van der Waals surface area (Å²) in [6.07, 6.45) is 1.74. The van der Waals surface area contributed by atoms with Gasteiger partial charge in [0.2, 0.25) is 5.91 Å².